The van der Waals surface area contributed by atoms with Crippen LogP contribution in [0.2, 0.25) is 0 Å². The number of nitrogens with two attached hydrogens (primary N) is 1. The Balaban J connectivity index is 2.79. The van der Waals surface area contributed by atoms with Crippen LogP contribution < -0.4 is 10.6 Å². The molecule has 0 unspecified atom stereocenters. The summed E-state index contributed by atoms with van der Waals surface area (Å²) in [6.07, 6.45) is 1.73. The Morgan fingerprint density at radius 3 is 2.53 bits per heavy atom. The zero-order valence-corrected chi connectivity index (χ0v) is 9.57. The van der Waals surface area contributed by atoms with Gasteiger partial charge < -0.3 is 15.7 Å². The van der Waals surface area contributed by atoms with Crippen LogP contribution in [-0.2, 0) is 0 Å². The van der Waals surface area contributed by atoms with E-state index in [0.717, 1.165) is 12.2 Å². The van der Waals surface area contributed by atoms with Crippen LogP contribution in [0, 0.1) is 0 Å². The zero-order chi connectivity index (χ0) is 11.5. The highest BCUT2D eigenvalue weighted by molar-refractivity contribution is 5.48. The third-order valence-corrected chi connectivity index (χ3v) is 2.10. The minimum Gasteiger partial charge on any atom is -0.389 e. The van der Waals surface area contributed by atoms with Crippen molar-refractivity contribution in [1.82, 2.24) is 4.98 Å². The molecule has 0 aliphatic carbocycles. The van der Waals surface area contributed by atoms with Crippen molar-refractivity contribution >= 4 is 11.5 Å². The summed E-state index contributed by atoms with van der Waals surface area (Å²) in [5.74, 6) is 0.512. The molecule has 84 valence electrons. The Kier molecular flexibility index (Phi) is 3.52. The van der Waals surface area contributed by atoms with Gasteiger partial charge in [-0.25, -0.2) is 4.98 Å². The van der Waals surface area contributed by atoms with Gasteiger partial charge in [0.25, 0.3) is 0 Å². The van der Waals surface area contributed by atoms with Crippen molar-refractivity contribution in [2.75, 3.05) is 23.7 Å². The summed E-state index contributed by atoms with van der Waals surface area (Å²) >= 11 is 0. The molecule has 1 aromatic heterocycles. The summed E-state index contributed by atoms with van der Waals surface area (Å²) in [6.45, 7) is 7.04. The van der Waals surface area contributed by atoms with Gasteiger partial charge in [0.15, 0.2) is 0 Å². The lowest BCUT2D eigenvalue weighted by molar-refractivity contribution is 0.0876. The van der Waals surface area contributed by atoms with Gasteiger partial charge in [-0.3, -0.25) is 0 Å². The minimum absolute atomic E-state index is 0.512. The van der Waals surface area contributed by atoms with E-state index in [1.165, 1.54) is 0 Å². The molecule has 4 nitrogen and oxygen atoms in total. The minimum atomic E-state index is -0.711. The number of aliphatic hydroxyl groups is 1. The van der Waals surface area contributed by atoms with Crippen molar-refractivity contribution in [3.8, 4) is 0 Å². The fourth-order valence-electron chi connectivity index (χ4n) is 1.44. The number of nitrogen functional groups attached to an aromatic ring is 1. The molecule has 0 fully saturated rings. The molecule has 1 rings (SSSR count). The first-order chi connectivity index (χ1) is 6.92. The molecule has 0 spiro atoms. The largest absolute Gasteiger partial charge is 0.389 e. The van der Waals surface area contributed by atoms with E-state index < -0.39 is 5.60 Å². The summed E-state index contributed by atoms with van der Waals surface area (Å²) in [5, 5.41) is 9.75. The van der Waals surface area contributed by atoms with Gasteiger partial charge in [-0.15, -0.1) is 0 Å². The maximum absolute atomic E-state index is 9.75. The molecule has 15 heavy (non-hydrogen) atoms. The molecule has 0 aliphatic heterocycles. The number of rotatable bonds is 4. The lowest BCUT2D eigenvalue weighted by Crippen LogP contribution is -2.38. The second kappa shape index (κ2) is 4.49. The predicted molar refractivity (Wildman–Crippen MR) is 62.8 cm³/mol. The highest BCUT2D eigenvalue weighted by Gasteiger charge is 2.17. The monoisotopic (exact) mass is 209 g/mol. The van der Waals surface area contributed by atoms with Gasteiger partial charge in [0.1, 0.15) is 5.82 Å². The summed E-state index contributed by atoms with van der Waals surface area (Å²) in [4.78, 5) is 6.09. The molecule has 0 atom stereocenters. The molecule has 0 amide bonds. The first kappa shape index (κ1) is 11.8. The Morgan fingerprint density at radius 1 is 1.47 bits per heavy atom. The quantitative estimate of drug-likeness (QED) is 0.783. The Morgan fingerprint density at radius 2 is 2.13 bits per heavy atom. The van der Waals surface area contributed by atoms with E-state index in [1.807, 2.05) is 13.0 Å². The molecule has 0 saturated heterocycles. The van der Waals surface area contributed by atoms with Gasteiger partial charge in [-0.2, -0.15) is 0 Å². The van der Waals surface area contributed by atoms with Crippen molar-refractivity contribution in [2.45, 2.75) is 26.4 Å². The van der Waals surface area contributed by atoms with Crippen molar-refractivity contribution in [2.24, 2.45) is 0 Å². The van der Waals surface area contributed by atoms with Crippen molar-refractivity contribution < 1.29 is 5.11 Å². The third kappa shape index (κ3) is 3.75. The van der Waals surface area contributed by atoms with Crippen molar-refractivity contribution in [3.05, 3.63) is 18.3 Å². The number of aromatic nitrogens is 1. The number of anilines is 2. The topological polar surface area (TPSA) is 62.4 Å². The number of pyridine rings is 1. The van der Waals surface area contributed by atoms with E-state index in [0.29, 0.717) is 12.4 Å². The number of likely N-dealkylation sites (N-methyl/N-ethyl adjacent to an activating group) is 1. The summed E-state index contributed by atoms with van der Waals surface area (Å²) < 4.78 is 0. The van der Waals surface area contributed by atoms with E-state index in [9.17, 15) is 5.11 Å². The van der Waals surface area contributed by atoms with Gasteiger partial charge in [0.2, 0.25) is 0 Å². The molecule has 1 aromatic rings. The molecular weight excluding hydrogens is 190 g/mol. The maximum Gasteiger partial charge on any atom is 0.123 e. The standard InChI is InChI=1S/C11H19N3O/c1-4-14(8-11(2,3)15)9-5-6-10(12)13-7-9/h5-7,15H,4,8H2,1-3H3,(H2,12,13). The summed E-state index contributed by atoms with van der Waals surface area (Å²) in [7, 11) is 0. The van der Waals surface area contributed by atoms with Crippen LogP contribution in [-0.4, -0.2) is 28.8 Å². The smallest absolute Gasteiger partial charge is 0.123 e. The fourth-order valence-corrected chi connectivity index (χ4v) is 1.44. The number of hydrogen-bond acceptors (Lipinski definition) is 4. The lowest BCUT2D eigenvalue weighted by Gasteiger charge is -2.29. The summed E-state index contributed by atoms with van der Waals surface area (Å²) in [6, 6.07) is 3.68. The van der Waals surface area contributed by atoms with E-state index in [1.54, 1.807) is 26.1 Å². The molecule has 1 heterocycles. The van der Waals surface area contributed by atoms with Gasteiger partial charge in [0.05, 0.1) is 17.5 Å². The average Bonchev–Trinajstić information content (AvgIpc) is 2.14. The molecule has 0 saturated carbocycles. The normalized spacial score (nSPS) is 11.5. The SMILES string of the molecule is CCN(CC(C)(C)O)c1ccc(N)nc1. The van der Waals surface area contributed by atoms with Crippen LogP contribution in [0.25, 0.3) is 0 Å². The van der Waals surface area contributed by atoms with Crippen LogP contribution in [0.3, 0.4) is 0 Å². The Bertz CT molecular complexity index is 303. The van der Waals surface area contributed by atoms with E-state index in [2.05, 4.69) is 9.88 Å². The lowest BCUT2D eigenvalue weighted by atomic mass is 10.1. The van der Waals surface area contributed by atoms with Crippen LogP contribution >= 0.6 is 0 Å². The third-order valence-electron chi connectivity index (χ3n) is 2.10. The van der Waals surface area contributed by atoms with Crippen LogP contribution in [0.1, 0.15) is 20.8 Å². The Labute approximate surface area is 90.7 Å². The highest BCUT2D eigenvalue weighted by Crippen LogP contribution is 2.16. The average molecular weight is 209 g/mol. The van der Waals surface area contributed by atoms with Gasteiger partial charge in [-0.05, 0) is 32.9 Å². The molecule has 0 aromatic carbocycles. The molecular formula is C11H19N3O. The van der Waals surface area contributed by atoms with Gasteiger partial charge >= 0.3 is 0 Å². The second-order valence-electron chi connectivity index (χ2n) is 4.27. The zero-order valence-electron chi connectivity index (χ0n) is 9.57. The summed E-state index contributed by atoms with van der Waals surface area (Å²) in [5.41, 5.74) is 5.79. The van der Waals surface area contributed by atoms with E-state index in [4.69, 9.17) is 5.73 Å². The van der Waals surface area contributed by atoms with Gasteiger partial charge in [0, 0.05) is 13.1 Å². The number of nitrogens with zero attached hydrogens (tertiary/aromatic N) is 2. The maximum atomic E-state index is 9.75. The molecule has 0 radical (unpaired) electrons. The molecule has 4 heteroatoms. The van der Waals surface area contributed by atoms with Crippen LogP contribution in [0.5, 0.6) is 0 Å². The first-order valence-corrected chi connectivity index (χ1v) is 5.11. The second-order valence-corrected chi connectivity index (χ2v) is 4.27. The van der Waals surface area contributed by atoms with Crippen molar-refractivity contribution in [1.29, 1.82) is 0 Å². The number of hydrogen-bond donors (Lipinski definition) is 2. The highest BCUT2D eigenvalue weighted by atomic mass is 16.3. The van der Waals surface area contributed by atoms with Crippen LogP contribution in [0.15, 0.2) is 18.3 Å². The van der Waals surface area contributed by atoms with E-state index in [-0.39, 0.29) is 0 Å². The van der Waals surface area contributed by atoms with Crippen LogP contribution in [0.4, 0.5) is 11.5 Å². The first-order valence-electron chi connectivity index (χ1n) is 5.11. The van der Waals surface area contributed by atoms with Gasteiger partial charge in [-0.1, -0.05) is 0 Å². The Hall–Kier alpha value is -1.29. The molecule has 0 bridgehead atoms. The fraction of sp³-hybridized carbons (Fsp3) is 0.545. The van der Waals surface area contributed by atoms with Crippen molar-refractivity contribution in [3.63, 3.8) is 0 Å². The molecule has 3 N–H and O–H groups in total. The molecule has 0 aliphatic rings. The van der Waals surface area contributed by atoms with E-state index >= 15 is 0 Å². The predicted octanol–water partition coefficient (Wildman–Crippen LogP) is 1.26.